The van der Waals surface area contributed by atoms with Gasteiger partial charge >= 0.3 is 0 Å². The van der Waals surface area contributed by atoms with E-state index in [1.807, 2.05) is 18.7 Å². The number of halogens is 1. The number of hydrogen-bond acceptors (Lipinski definition) is 2. The molecule has 1 unspecified atom stereocenters. The van der Waals surface area contributed by atoms with Crippen molar-refractivity contribution in [2.45, 2.75) is 18.4 Å². The topological polar surface area (TPSA) is 21.1 Å². The number of aromatic nitrogens is 2. The second-order valence-electron chi connectivity index (χ2n) is 5.71. The zero-order valence-electron chi connectivity index (χ0n) is 13.9. The van der Waals surface area contributed by atoms with Gasteiger partial charge in [-0.15, -0.1) is 12.4 Å². The predicted molar refractivity (Wildman–Crippen MR) is 109 cm³/mol. The van der Waals surface area contributed by atoms with E-state index in [9.17, 15) is 0 Å². The molecule has 4 rings (SSSR count). The van der Waals surface area contributed by atoms with Gasteiger partial charge in [0.1, 0.15) is 0 Å². The highest BCUT2D eigenvalue weighted by atomic mass is 35.5. The van der Waals surface area contributed by atoms with Crippen LogP contribution in [0.4, 0.5) is 5.69 Å². The van der Waals surface area contributed by atoms with Gasteiger partial charge in [0.2, 0.25) is 0 Å². The molecule has 2 heterocycles. The van der Waals surface area contributed by atoms with Gasteiger partial charge in [-0.2, -0.15) is 0 Å². The minimum absolute atomic E-state index is 0. The van der Waals surface area contributed by atoms with Gasteiger partial charge in [-0.25, -0.2) is 4.98 Å². The summed E-state index contributed by atoms with van der Waals surface area (Å²) in [5.74, 6) is 0. The van der Waals surface area contributed by atoms with Crippen LogP contribution in [0, 0.1) is 0 Å². The minimum Gasteiger partial charge on any atom is -0.332 e. The first-order valence-electron chi connectivity index (χ1n) is 7.97. The Balaban J connectivity index is 0.00000182. The van der Waals surface area contributed by atoms with Gasteiger partial charge < -0.3 is 4.57 Å². The molecule has 0 saturated heterocycles. The van der Waals surface area contributed by atoms with Gasteiger partial charge in [-0.1, -0.05) is 47.1 Å². The molecule has 128 valence electrons. The number of benzene rings is 2. The SMILES string of the molecule is CC1=S(c2ccccc2)N(c2ccccc2)C(Cn2ccnc2)=C1.Cl. The third-order valence-corrected chi connectivity index (χ3v) is 6.24. The van der Waals surface area contributed by atoms with Crippen LogP contribution in [0.25, 0.3) is 0 Å². The average molecular weight is 370 g/mol. The second kappa shape index (κ2) is 7.72. The molecule has 0 saturated carbocycles. The first-order chi connectivity index (χ1) is 11.8. The molecule has 0 fully saturated rings. The summed E-state index contributed by atoms with van der Waals surface area (Å²) < 4.78 is 4.58. The molecule has 0 N–H and O–H groups in total. The molecule has 5 heteroatoms. The molecule has 2 aromatic carbocycles. The third kappa shape index (κ3) is 3.55. The van der Waals surface area contributed by atoms with Crippen LogP contribution in [0.3, 0.4) is 0 Å². The Kier molecular flexibility index (Phi) is 5.41. The highest BCUT2D eigenvalue weighted by molar-refractivity contribution is 8.17. The largest absolute Gasteiger partial charge is 0.332 e. The molecule has 3 nitrogen and oxygen atoms in total. The highest BCUT2D eigenvalue weighted by Crippen LogP contribution is 2.44. The predicted octanol–water partition coefficient (Wildman–Crippen LogP) is 5.14. The zero-order valence-corrected chi connectivity index (χ0v) is 15.6. The first-order valence-corrected chi connectivity index (χ1v) is 9.15. The molecule has 25 heavy (non-hydrogen) atoms. The minimum atomic E-state index is -0.0921. The summed E-state index contributed by atoms with van der Waals surface area (Å²) in [5, 5.41) is 0. The maximum Gasteiger partial charge on any atom is 0.0949 e. The fourth-order valence-corrected chi connectivity index (χ4v) is 5.17. The maximum absolute atomic E-state index is 4.17. The first kappa shape index (κ1) is 17.5. The Morgan fingerprint density at radius 3 is 2.28 bits per heavy atom. The van der Waals surface area contributed by atoms with E-state index in [0.29, 0.717) is 0 Å². The third-order valence-electron chi connectivity index (χ3n) is 3.98. The van der Waals surface area contributed by atoms with Gasteiger partial charge in [-0.05, 0) is 42.1 Å². The lowest BCUT2D eigenvalue weighted by Crippen LogP contribution is -2.17. The van der Waals surface area contributed by atoms with Crippen molar-refractivity contribution in [2.24, 2.45) is 0 Å². The van der Waals surface area contributed by atoms with Crippen molar-refractivity contribution >= 4 is 33.6 Å². The van der Waals surface area contributed by atoms with Crippen molar-refractivity contribution in [1.29, 1.82) is 0 Å². The van der Waals surface area contributed by atoms with E-state index in [1.54, 1.807) is 0 Å². The maximum atomic E-state index is 4.17. The molecule has 3 aromatic rings. The highest BCUT2D eigenvalue weighted by Gasteiger charge is 2.24. The summed E-state index contributed by atoms with van der Waals surface area (Å²) in [6, 6.07) is 21.4. The molecule has 0 radical (unpaired) electrons. The number of imidazole rings is 1. The number of para-hydroxylation sites is 1. The van der Waals surface area contributed by atoms with Gasteiger partial charge in [0.05, 0.1) is 24.3 Å². The fraction of sp³-hybridized carbons (Fsp3) is 0.100. The molecule has 1 atom stereocenters. The van der Waals surface area contributed by atoms with E-state index in [-0.39, 0.29) is 23.1 Å². The molecule has 0 bridgehead atoms. The molecule has 1 aliphatic rings. The van der Waals surface area contributed by atoms with Crippen molar-refractivity contribution in [1.82, 2.24) is 9.55 Å². The number of nitrogens with zero attached hydrogens (tertiary/aromatic N) is 3. The van der Waals surface area contributed by atoms with Gasteiger partial charge in [0, 0.05) is 17.3 Å². The summed E-state index contributed by atoms with van der Waals surface area (Å²) in [6.45, 7) is 3.05. The quantitative estimate of drug-likeness (QED) is 0.593. The Morgan fingerprint density at radius 1 is 0.960 bits per heavy atom. The summed E-state index contributed by atoms with van der Waals surface area (Å²) >= 11 is 0. The van der Waals surface area contributed by atoms with Crippen molar-refractivity contribution in [3.63, 3.8) is 0 Å². The van der Waals surface area contributed by atoms with Crippen LogP contribution in [0.15, 0.2) is 96.1 Å². The monoisotopic (exact) mass is 369 g/mol. The van der Waals surface area contributed by atoms with E-state index < -0.39 is 0 Å². The van der Waals surface area contributed by atoms with Crippen LogP contribution in [-0.4, -0.2) is 14.4 Å². The van der Waals surface area contributed by atoms with Gasteiger partial charge in [0.25, 0.3) is 0 Å². The van der Waals surface area contributed by atoms with Crippen LogP contribution in [0.5, 0.6) is 0 Å². The molecule has 0 amide bonds. The van der Waals surface area contributed by atoms with Crippen molar-refractivity contribution in [3.05, 3.63) is 91.2 Å². The zero-order chi connectivity index (χ0) is 16.4. The number of allylic oxidation sites excluding steroid dienone is 2. The Labute approximate surface area is 157 Å². The van der Waals surface area contributed by atoms with E-state index in [0.717, 1.165) is 6.54 Å². The average Bonchev–Trinajstić information content (AvgIpc) is 3.24. The molecule has 1 aliphatic heterocycles. The summed E-state index contributed by atoms with van der Waals surface area (Å²) in [7, 11) is -0.0921. The summed E-state index contributed by atoms with van der Waals surface area (Å²) in [5.41, 5.74) is 2.52. The lowest BCUT2D eigenvalue weighted by atomic mass is 10.2. The van der Waals surface area contributed by atoms with Crippen LogP contribution in [-0.2, 0) is 6.54 Å². The van der Waals surface area contributed by atoms with Gasteiger partial charge in [0.15, 0.2) is 0 Å². The molecule has 0 spiro atoms. The van der Waals surface area contributed by atoms with Crippen LogP contribution >= 0.6 is 23.1 Å². The Bertz CT molecular complexity index is 887. The lowest BCUT2D eigenvalue weighted by Gasteiger charge is -2.28. The van der Waals surface area contributed by atoms with Crippen LogP contribution in [0.1, 0.15) is 6.92 Å². The van der Waals surface area contributed by atoms with Crippen LogP contribution in [0.2, 0.25) is 0 Å². The fourth-order valence-electron chi connectivity index (χ4n) is 2.96. The number of anilines is 1. The van der Waals surface area contributed by atoms with Gasteiger partial charge in [-0.3, -0.25) is 4.31 Å². The van der Waals surface area contributed by atoms with Crippen LogP contribution < -0.4 is 4.31 Å². The van der Waals surface area contributed by atoms with Crippen molar-refractivity contribution < 1.29 is 0 Å². The van der Waals surface area contributed by atoms with E-state index in [2.05, 4.69) is 87.5 Å². The van der Waals surface area contributed by atoms with E-state index in [4.69, 9.17) is 0 Å². The number of hydrogen-bond donors (Lipinski definition) is 0. The molecular weight excluding hydrogens is 350 g/mol. The van der Waals surface area contributed by atoms with Crippen molar-refractivity contribution in [3.8, 4) is 0 Å². The molecule has 1 aromatic heterocycles. The van der Waals surface area contributed by atoms with E-state index >= 15 is 0 Å². The smallest absolute Gasteiger partial charge is 0.0949 e. The Morgan fingerprint density at radius 2 is 1.64 bits per heavy atom. The molecular formula is C20H20ClN3S. The normalized spacial score (nSPS) is 16.5. The standard InChI is InChI=1S/C20H19N3S.ClH/c1-17-14-19(15-22-13-12-21-16-22)23(18-8-4-2-5-9-18)24(17)20-10-6-3-7-11-20;/h2-14,16H,15H2,1H3;1H. The van der Waals surface area contributed by atoms with E-state index in [1.165, 1.54) is 21.1 Å². The number of rotatable bonds is 4. The molecule has 0 aliphatic carbocycles. The summed E-state index contributed by atoms with van der Waals surface area (Å²) in [4.78, 5) is 6.90. The lowest BCUT2D eigenvalue weighted by molar-refractivity contribution is 0.777. The summed E-state index contributed by atoms with van der Waals surface area (Å²) in [6.07, 6.45) is 8.04. The second-order valence-corrected chi connectivity index (χ2v) is 7.76. The van der Waals surface area contributed by atoms with Crippen molar-refractivity contribution in [2.75, 3.05) is 4.31 Å². The Hall–Kier alpha value is -2.30.